The molecule has 4 rings (SSSR count). The highest BCUT2D eigenvalue weighted by Gasteiger charge is 2.33. The molecule has 1 heterocycles. The largest absolute Gasteiger partial charge is 0.390 e. The highest BCUT2D eigenvalue weighted by molar-refractivity contribution is 6.39. The molecule has 0 bridgehead atoms. The number of carbonyl (C=O) groups excluding carboxylic acids is 1. The van der Waals surface area contributed by atoms with Gasteiger partial charge in [0.25, 0.3) is 5.91 Å². The fraction of sp³-hybridized carbons (Fsp3) is 0.364. The van der Waals surface area contributed by atoms with E-state index >= 15 is 0 Å². The van der Waals surface area contributed by atoms with Gasteiger partial charge in [0.2, 0.25) is 0 Å². The quantitative estimate of drug-likeness (QED) is 0.551. The first-order valence-electron chi connectivity index (χ1n) is 9.87. The maximum absolute atomic E-state index is 12.8. The molecule has 2 N–H and O–H groups in total. The number of nitrogens with one attached hydrogen (secondary N) is 1. The molecule has 1 saturated heterocycles. The Morgan fingerprint density at radius 2 is 1.86 bits per heavy atom. The monoisotopic (exact) mass is 431 g/mol. The molecule has 152 valence electrons. The predicted molar refractivity (Wildman–Crippen MR) is 116 cm³/mol. The average Bonchev–Trinajstić information content (AvgIpc) is 3.02. The van der Waals surface area contributed by atoms with Gasteiger partial charge in [0.1, 0.15) is 0 Å². The molecule has 0 unspecified atom stereocenters. The topological polar surface area (TPSA) is 64.9 Å². The summed E-state index contributed by atoms with van der Waals surface area (Å²) in [5.41, 5.74) is 2.90. The van der Waals surface area contributed by atoms with Gasteiger partial charge in [-0.3, -0.25) is 4.79 Å². The lowest BCUT2D eigenvalue weighted by Crippen LogP contribution is -2.34. The van der Waals surface area contributed by atoms with Crippen molar-refractivity contribution < 1.29 is 9.90 Å². The van der Waals surface area contributed by atoms with Crippen LogP contribution in [0.2, 0.25) is 10.0 Å². The van der Waals surface area contributed by atoms with Crippen LogP contribution in [-0.4, -0.2) is 41.4 Å². The van der Waals surface area contributed by atoms with Crippen LogP contribution in [0.15, 0.2) is 41.4 Å². The van der Waals surface area contributed by atoms with Gasteiger partial charge >= 0.3 is 0 Å². The highest BCUT2D eigenvalue weighted by Crippen LogP contribution is 2.35. The van der Waals surface area contributed by atoms with Crippen LogP contribution in [0.5, 0.6) is 0 Å². The normalized spacial score (nSPS) is 21.4. The minimum absolute atomic E-state index is 0.218. The second-order valence-corrected chi connectivity index (χ2v) is 8.36. The van der Waals surface area contributed by atoms with Crippen molar-refractivity contribution in [2.24, 2.45) is 4.99 Å². The van der Waals surface area contributed by atoms with Gasteiger partial charge in [0.15, 0.2) is 0 Å². The molecule has 0 spiro atoms. The number of piperidine rings is 1. The number of aliphatic hydroxyl groups is 1. The Kier molecular flexibility index (Phi) is 6.09. The summed E-state index contributed by atoms with van der Waals surface area (Å²) in [4.78, 5) is 19.6. The van der Waals surface area contributed by atoms with E-state index in [1.807, 2.05) is 24.5 Å². The molecule has 1 fully saturated rings. The zero-order valence-corrected chi connectivity index (χ0v) is 17.5. The van der Waals surface area contributed by atoms with E-state index in [9.17, 15) is 9.90 Å². The predicted octanol–water partition coefficient (Wildman–Crippen LogP) is 4.53. The zero-order valence-electron chi connectivity index (χ0n) is 15.9. The van der Waals surface area contributed by atoms with Gasteiger partial charge in [-0.25, -0.2) is 4.99 Å². The number of aliphatic hydroxyl groups excluding tert-OH is 1. The van der Waals surface area contributed by atoms with E-state index in [1.54, 1.807) is 18.2 Å². The third-order valence-corrected chi connectivity index (χ3v) is 6.15. The number of likely N-dealkylation sites (tertiary alicyclic amines) is 1. The van der Waals surface area contributed by atoms with Crippen molar-refractivity contribution in [1.82, 2.24) is 10.2 Å². The second-order valence-electron chi connectivity index (χ2n) is 7.54. The minimum Gasteiger partial charge on any atom is -0.390 e. The maximum atomic E-state index is 12.8. The Labute approximate surface area is 180 Å². The van der Waals surface area contributed by atoms with Crippen molar-refractivity contribution in [3.63, 3.8) is 0 Å². The number of hydrogen-bond acceptors (Lipinski definition) is 3. The van der Waals surface area contributed by atoms with Crippen molar-refractivity contribution in [3.8, 4) is 0 Å². The van der Waals surface area contributed by atoms with Crippen molar-refractivity contribution in [1.29, 1.82) is 0 Å². The standard InChI is InChI=1S/C22H23Cl2N3O2/c23-17-5-4-6-18(24)20(17)22(29)26-21-16-12-15(8-7-14(16)11-19(21)28)25-13-27-9-2-1-3-10-27/h4-8,12-13,19,21,28H,1-3,9-11H2,(H,26,29)/t19-,21-/m1/s1. The van der Waals surface area contributed by atoms with Crippen LogP contribution < -0.4 is 5.32 Å². The lowest BCUT2D eigenvalue weighted by atomic mass is 10.1. The number of carbonyl (C=O) groups is 1. The van der Waals surface area contributed by atoms with Gasteiger partial charge in [-0.2, -0.15) is 0 Å². The van der Waals surface area contributed by atoms with Crippen molar-refractivity contribution in [2.75, 3.05) is 13.1 Å². The second kappa shape index (κ2) is 8.74. The molecule has 1 aliphatic carbocycles. The summed E-state index contributed by atoms with van der Waals surface area (Å²) >= 11 is 12.3. The molecule has 0 saturated carbocycles. The Morgan fingerprint density at radius 1 is 1.14 bits per heavy atom. The van der Waals surface area contributed by atoms with E-state index in [0.717, 1.165) is 29.9 Å². The van der Waals surface area contributed by atoms with Crippen molar-refractivity contribution >= 4 is 41.1 Å². The minimum atomic E-state index is -0.712. The molecule has 2 aromatic carbocycles. The first-order valence-corrected chi connectivity index (χ1v) is 10.6. The van der Waals surface area contributed by atoms with Gasteiger partial charge in [0.05, 0.1) is 39.8 Å². The summed E-state index contributed by atoms with van der Waals surface area (Å²) < 4.78 is 0. The lowest BCUT2D eigenvalue weighted by Gasteiger charge is -2.23. The number of aliphatic imine (C=N–C) groups is 1. The fourth-order valence-corrected chi connectivity index (χ4v) is 4.54. The van der Waals surface area contributed by atoms with E-state index in [-0.39, 0.29) is 15.6 Å². The molecule has 0 aromatic heterocycles. The number of hydrogen-bond donors (Lipinski definition) is 2. The molecular weight excluding hydrogens is 409 g/mol. The molecule has 2 aromatic rings. The van der Waals surface area contributed by atoms with Gasteiger partial charge in [-0.15, -0.1) is 0 Å². The molecule has 29 heavy (non-hydrogen) atoms. The molecule has 7 heteroatoms. The van der Waals surface area contributed by atoms with Crippen LogP contribution in [-0.2, 0) is 6.42 Å². The van der Waals surface area contributed by atoms with Crippen LogP contribution in [0, 0.1) is 0 Å². The third-order valence-electron chi connectivity index (χ3n) is 5.52. The summed E-state index contributed by atoms with van der Waals surface area (Å²) in [7, 11) is 0. The molecular formula is C22H23Cl2N3O2. The molecule has 5 nitrogen and oxygen atoms in total. The Bertz CT molecular complexity index is 921. The summed E-state index contributed by atoms with van der Waals surface area (Å²) in [6.07, 6.45) is 5.33. The molecule has 2 atom stereocenters. The zero-order chi connectivity index (χ0) is 20.4. The third kappa shape index (κ3) is 4.42. The van der Waals surface area contributed by atoms with Crippen LogP contribution in [0.1, 0.15) is 46.8 Å². The van der Waals surface area contributed by atoms with Crippen LogP contribution in [0.4, 0.5) is 5.69 Å². The summed E-state index contributed by atoms with van der Waals surface area (Å²) in [5.74, 6) is -0.403. The summed E-state index contributed by atoms with van der Waals surface area (Å²) in [6, 6.07) is 10.2. The van der Waals surface area contributed by atoms with Gasteiger partial charge in [-0.05, 0) is 54.7 Å². The van der Waals surface area contributed by atoms with Crippen LogP contribution in [0.3, 0.4) is 0 Å². The summed E-state index contributed by atoms with van der Waals surface area (Å²) in [6.45, 7) is 2.06. The number of amides is 1. The van der Waals surface area contributed by atoms with E-state index in [1.165, 1.54) is 19.3 Å². The van der Waals surface area contributed by atoms with Crippen LogP contribution >= 0.6 is 23.2 Å². The lowest BCUT2D eigenvalue weighted by molar-refractivity contribution is 0.0858. The number of rotatable bonds is 4. The van der Waals surface area contributed by atoms with E-state index < -0.39 is 18.1 Å². The first kappa shape index (κ1) is 20.2. The number of fused-ring (bicyclic) bond motifs is 1. The van der Waals surface area contributed by atoms with E-state index in [0.29, 0.717) is 6.42 Å². The number of halogens is 2. The molecule has 1 aliphatic heterocycles. The molecule has 0 radical (unpaired) electrons. The summed E-state index contributed by atoms with van der Waals surface area (Å²) in [5, 5.41) is 14.0. The van der Waals surface area contributed by atoms with E-state index in [4.69, 9.17) is 23.2 Å². The Balaban J connectivity index is 1.54. The Morgan fingerprint density at radius 3 is 2.59 bits per heavy atom. The van der Waals surface area contributed by atoms with Gasteiger partial charge in [-0.1, -0.05) is 35.3 Å². The fourth-order valence-electron chi connectivity index (χ4n) is 3.97. The van der Waals surface area contributed by atoms with Gasteiger partial charge in [0, 0.05) is 19.5 Å². The van der Waals surface area contributed by atoms with Crippen molar-refractivity contribution in [3.05, 3.63) is 63.1 Å². The number of benzene rings is 2. The SMILES string of the molecule is O=C(N[C@@H]1c2cc(N=CN3CCCCC3)ccc2C[C@H]1O)c1c(Cl)cccc1Cl. The van der Waals surface area contributed by atoms with Crippen molar-refractivity contribution in [2.45, 2.75) is 37.8 Å². The highest BCUT2D eigenvalue weighted by atomic mass is 35.5. The first-order chi connectivity index (χ1) is 14.0. The van der Waals surface area contributed by atoms with Crippen LogP contribution in [0.25, 0.3) is 0 Å². The average molecular weight is 432 g/mol. The molecule has 1 amide bonds. The van der Waals surface area contributed by atoms with E-state index in [2.05, 4.69) is 15.2 Å². The van der Waals surface area contributed by atoms with Gasteiger partial charge < -0.3 is 15.3 Å². The smallest absolute Gasteiger partial charge is 0.254 e. The molecule has 2 aliphatic rings. The Hall–Kier alpha value is -2.08. The number of nitrogens with zero attached hydrogens (tertiary/aromatic N) is 2. The maximum Gasteiger partial charge on any atom is 0.254 e.